The molecule has 1 aliphatic rings. The molecule has 0 radical (unpaired) electrons. The molecule has 0 bridgehead atoms. The Labute approximate surface area is 114 Å². The lowest BCUT2D eigenvalue weighted by Gasteiger charge is -2.36. The number of carboxylic acid groups (broad SMARTS) is 1. The van der Waals surface area contributed by atoms with E-state index in [2.05, 4.69) is 20.8 Å². The second-order valence-corrected chi connectivity index (χ2v) is 6.00. The van der Waals surface area contributed by atoms with Gasteiger partial charge in [0.2, 0.25) is 0 Å². The van der Waals surface area contributed by atoms with Gasteiger partial charge in [0.15, 0.2) is 0 Å². The van der Waals surface area contributed by atoms with Gasteiger partial charge in [-0.3, -0.25) is 9.59 Å². The molecule has 1 aliphatic carbocycles. The van der Waals surface area contributed by atoms with Crippen LogP contribution in [0.25, 0.3) is 0 Å². The van der Waals surface area contributed by atoms with E-state index < -0.39 is 18.0 Å². The van der Waals surface area contributed by atoms with Gasteiger partial charge in [-0.05, 0) is 30.6 Å². The van der Waals surface area contributed by atoms with Crippen LogP contribution in [-0.2, 0) is 14.3 Å². The number of hydrogen-bond acceptors (Lipinski definition) is 4. The average Bonchev–Trinajstić information content (AvgIpc) is 2.27. The molecule has 0 aromatic heterocycles. The van der Waals surface area contributed by atoms with E-state index in [1.54, 1.807) is 0 Å². The molecule has 0 heterocycles. The van der Waals surface area contributed by atoms with Gasteiger partial charge < -0.3 is 15.6 Å². The van der Waals surface area contributed by atoms with Crippen molar-refractivity contribution in [2.75, 3.05) is 0 Å². The summed E-state index contributed by atoms with van der Waals surface area (Å²) in [5.41, 5.74) is 5.34. The van der Waals surface area contributed by atoms with Gasteiger partial charge in [0.1, 0.15) is 12.1 Å². The molecule has 5 nitrogen and oxygen atoms in total. The van der Waals surface area contributed by atoms with Crippen molar-refractivity contribution in [2.45, 2.75) is 58.6 Å². The van der Waals surface area contributed by atoms with Crippen LogP contribution in [0.3, 0.4) is 0 Å². The first-order valence-electron chi connectivity index (χ1n) is 6.99. The van der Waals surface area contributed by atoms with Crippen molar-refractivity contribution >= 4 is 11.9 Å². The molecular formula is C14H25NO4. The van der Waals surface area contributed by atoms with E-state index in [1.807, 2.05) is 0 Å². The van der Waals surface area contributed by atoms with Crippen LogP contribution in [0.15, 0.2) is 0 Å². The summed E-state index contributed by atoms with van der Waals surface area (Å²) in [4.78, 5) is 22.4. The lowest BCUT2D eigenvalue weighted by molar-refractivity contribution is -0.158. The summed E-state index contributed by atoms with van der Waals surface area (Å²) < 4.78 is 5.47. The number of carbonyl (C=O) groups is 2. The van der Waals surface area contributed by atoms with E-state index in [1.165, 1.54) is 0 Å². The summed E-state index contributed by atoms with van der Waals surface area (Å²) in [7, 11) is 0. The summed E-state index contributed by atoms with van der Waals surface area (Å²) in [5, 5.41) is 8.69. The average molecular weight is 271 g/mol. The molecule has 0 saturated heterocycles. The maximum atomic E-state index is 11.7. The number of carboxylic acids is 1. The Morgan fingerprint density at radius 3 is 2.53 bits per heavy atom. The lowest BCUT2D eigenvalue weighted by Crippen LogP contribution is -2.38. The minimum absolute atomic E-state index is 0.0998. The molecule has 4 atom stereocenters. The van der Waals surface area contributed by atoms with Gasteiger partial charge in [0.05, 0.1) is 6.42 Å². The molecule has 1 rings (SSSR count). The molecule has 1 saturated carbocycles. The Hall–Kier alpha value is -1.10. The minimum atomic E-state index is -1.17. The molecular weight excluding hydrogens is 246 g/mol. The minimum Gasteiger partial charge on any atom is -0.480 e. The molecule has 4 unspecified atom stereocenters. The molecule has 0 aromatic carbocycles. The van der Waals surface area contributed by atoms with Gasteiger partial charge in [-0.2, -0.15) is 0 Å². The third-order valence-electron chi connectivity index (χ3n) is 3.95. The normalized spacial score (nSPS) is 29.0. The molecule has 0 spiro atoms. The monoisotopic (exact) mass is 271 g/mol. The van der Waals surface area contributed by atoms with E-state index in [9.17, 15) is 9.59 Å². The Morgan fingerprint density at radius 1 is 1.37 bits per heavy atom. The zero-order chi connectivity index (χ0) is 14.6. The first kappa shape index (κ1) is 16.0. The highest BCUT2D eigenvalue weighted by Gasteiger charge is 2.33. The molecule has 1 fully saturated rings. The zero-order valence-electron chi connectivity index (χ0n) is 12.0. The fourth-order valence-corrected chi connectivity index (χ4v) is 2.73. The number of esters is 1. The van der Waals surface area contributed by atoms with Crippen molar-refractivity contribution < 1.29 is 19.4 Å². The smallest absolute Gasteiger partial charge is 0.321 e. The molecule has 19 heavy (non-hydrogen) atoms. The SMILES string of the molecule is CC1CCC(C(C)C)C(OC(=O)CC(N)C(=O)O)C1. The van der Waals surface area contributed by atoms with Crippen molar-refractivity contribution in [1.82, 2.24) is 0 Å². The Balaban J connectivity index is 2.56. The van der Waals surface area contributed by atoms with E-state index >= 15 is 0 Å². The standard InChI is InChI=1S/C14H25NO4/c1-8(2)10-5-4-9(3)6-12(10)19-13(16)7-11(15)14(17)18/h8-12H,4-7,15H2,1-3H3,(H,17,18). The number of nitrogens with two attached hydrogens (primary N) is 1. The summed E-state index contributed by atoms with van der Waals surface area (Å²) in [5.74, 6) is -0.311. The summed E-state index contributed by atoms with van der Waals surface area (Å²) in [6.45, 7) is 6.41. The van der Waals surface area contributed by atoms with Gasteiger partial charge >= 0.3 is 11.9 Å². The van der Waals surface area contributed by atoms with Crippen LogP contribution in [0.4, 0.5) is 0 Å². The quantitative estimate of drug-likeness (QED) is 0.744. The van der Waals surface area contributed by atoms with Crippen molar-refractivity contribution in [3.63, 3.8) is 0 Å². The molecule has 3 N–H and O–H groups in total. The third kappa shape index (κ3) is 4.82. The molecule has 0 aromatic rings. The number of aliphatic carboxylic acids is 1. The van der Waals surface area contributed by atoms with Gasteiger partial charge in [0.25, 0.3) is 0 Å². The van der Waals surface area contributed by atoms with Crippen LogP contribution in [0.1, 0.15) is 46.5 Å². The first-order chi connectivity index (χ1) is 8.81. The van der Waals surface area contributed by atoms with Gasteiger partial charge in [-0.15, -0.1) is 0 Å². The van der Waals surface area contributed by atoms with E-state index in [-0.39, 0.29) is 12.5 Å². The fourth-order valence-electron chi connectivity index (χ4n) is 2.73. The van der Waals surface area contributed by atoms with Crippen molar-refractivity contribution in [1.29, 1.82) is 0 Å². The third-order valence-corrected chi connectivity index (χ3v) is 3.95. The van der Waals surface area contributed by atoms with Gasteiger partial charge in [0, 0.05) is 0 Å². The lowest BCUT2D eigenvalue weighted by atomic mass is 9.75. The highest BCUT2D eigenvalue weighted by Crippen LogP contribution is 2.35. The van der Waals surface area contributed by atoms with Crippen molar-refractivity contribution in [3.8, 4) is 0 Å². The van der Waals surface area contributed by atoms with Crippen LogP contribution >= 0.6 is 0 Å². The van der Waals surface area contributed by atoms with Crippen LogP contribution in [-0.4, -0.2) is 29.2 Å². The summed E-state index contributed by atoms with van der Waals surface area (Å²) in [6.07, 6.45) is 2.71. The van der Waals surface area contributed by atoms with Crippen LogP contribution in [0.5, 0.6) is 0 Å². The molecule has 0 aliphatic heterocycles. The largest absolute Gasteiger partial charge is 0.480 e. The predicted octanol–water partition coefficient (Wildman–Crippen LogP) is 1.79. The Bertz CT molecular complexity index is 329. The number of hydrogen-bond donors (Lipinski definition) is 2. The van der Waals surface area contributed by atoms with E-state index in [0.29, 0.717) is 17.8 Å². The van der Waals surface area contributed by atoms with Crippen molar-refractivity contribution in [3.05, 3.63) is 0 Å². The zero-order valence-corrected chi connectivity index (χ0v) is 12.0. The van der Waals surface area contributed by atoms with Gasteiger partial charge in [-0.1, -0.05) is 27.2 Å². The second kappa shape index (κ2) is 6.89. The van der Waals surface area contributed by atoms with E-state index in [0.717, 1.165) is 19.3 Å². The summed E-state index contributed by atoms with van der Waals surface area (Å²) in [6, 6.07) is -1.17. The van der Waals surface area contributed by atoms with Crippen molar-refractivity contribution in [2.24, 2.45) is 23.5 Å². The van der Waals surface area contributed by atoms with E-state index in [4.69, 9.17) is 15.6 Å². The number of rotatable bonds is 5. The maximum absolute atomic E-state index is 11.7. The van der Waals surface area contributed by atoms with Crippen LogP contribution < -0.4 is 5.73 Å². The highest BCUT2D eigenvalue weighted by molar-refractivity contribution is 5.81. The van der Waals surface area contributed by atoms with Crippen LogP contribution in [0.2, 0.25) is 0 Å². The highest BCUT2D eigenvalue weighted by atomic mass is 16.5. The fraction of sp³-hybridized carbons (Fsp3) is 0.857. The molecule has 110 valence electrons. The first-order valence-corrected chi connectivity index (χ1v) is 6.99. The number of carbonyl (C=O) groups excluding carboxylic acids is 1. The Morgan fingerprint density at radius 2 is 2.00 bits per heavy atom. The summed E-state index contributed by atoms with van der Waals surface area (Å²) >= 11 is 0. The topological polar surface area (TPSA) is 89.6 Å². The van der Waals surface area contributed by atoms with Crippen LogP contribution in [0, 0.1) is 17.8 Å². The van der Waals surface area contributed by atoms with Gasteiger partial charge in [-0.25, -0.2) is 0 Å². The second-order valence-electron chi connectivity index (χ2n) is 6.00. The predicted molar refractivity (Wildman–Crippen MR) is 71.5 cm³/mol. The number of ether oxygens (including phenoxy) is 1. The maximum Gasteiger partial charge on any atom is 0.321 e. The molecule has 0 amide bonds. The Kier molecular flexibility index (Phi) is 5.79. The molecule has 5 heteroatoms.